The van der Waals surface area contributed by atoms with E-state index in [-0.39, 0.29) is 5.41 Å². The average molecular weight is 203 g/mol. The second-order valence-corrected chi connectivity index (χ2v) is 4.34. The van der Waals surface area contributed by atoms with Crippen molar-refractivity contribution in [1.29, 1.82) is 0 Å². The summed E-state index contributed by atoms with van der Waals surface area (Å²) in [6, 6.07) is 6.52. The Morgan fingerprint density at radius 3 is 2.27 bits per heavy atom. The Morgan fingerprint density at radius 1 is 1.07 bits per heavy atom. The summed E-state index contributed by atoms with van der Waals surface area (Å²) in [7, 11) is 0. The third kappa shape index (κ3) is 1.97. The first-order valence-corrected chi connectivity index (χ1v) is 5.69. The minimum atomic E-state index is 0.128. The average Bonchev–Trinajstić information content (AvgIpc) is 2.41. The molecule has 0 spiro atoms. The van der Waals surface area contributed by atoms with Gasteiger partial charge in [-0.15, -0.1) is 0 Å². The van der Waals surface area contributed by atoms with E-state index in [1.54, 1.807) is 0 Å². The van der Waals surface area contributed by atoms with Crippen molar-refractivity contribution in [2.45, 2.75) is 47.0 Å². The van der Waals surface area contributed by atoms with Gasteiger partial charge >= 0.3 is 0 Å². The lowest BCUT2D eigenvalue weighted by Crippen LogP contribution is -2.22. The molecule has 1 aromatic carbocycles. The van der Waals surface area contributed by atoms with Gasteiger partial charge in [0.1, 0.15) is 0 Å². The van der Waals surface area contributed by atoms with Gasteiger partial charge in [-0.25, -0.2) is 0 Å². The smallest absolute Gasteiger partial charge is 0.0673 e. The van der Waals surface area contributed by atoms with E-state index in [1.807, 2.05) is 13.8 Å². The van der Waals surface area contributed by atoms with Gasteiger partial charge in [0, 0.05) is 11.1 Å². The van der Waals surface area contributed by atoms with Gasteiger partial charge in [-0.05, 0) is 31.0 Å². The van der Waals surface area contributed by atoms with Crippen LogP contribution in [-0.2, 0) is 5.41 Å². The van der Waals surface area contributed by atoms with Crippen LogP contribution in [-0.4, -0.2) is 5.71 Å². The highest BCUT2D eigenvalue weighted by Gasteiger charge is 2.31. The number of aliphatic imine (C=N–C) groups is 1. The molecule has 0 aromatic heterocycles. The van der Waals surface area contributed by atoms with Crippen LogP contribution >= 0.6 is 0 Å². The van der Waals surface area contributed by atoms with Gasteiger partial charge in [0.15, 0.2) is 0 Å². The Kier molecular flexibility index (Phi) is 3.33. The fourth-order valence-electron chi connectivity index (χ4n) is 1.78. The summed E-state index contributed by atoms with van der Waals surface area (Å²) >= 11 is 0. The zero-order valence-corrected chi connectivity index (χ0v) is 10.7. The number of rotatable bonds is 0. The first-order chi connectivity index (χ1) is 7.01. The van der Waals surface area contributed by atoms with Crippen LogP contribution in [0, 0.1) is 6.92 Å². The highest BCUT2D eigenvalue weighted by molar-refractivity contribution is 5.99. The normalized spacial score (nSPS) is 16.3. The lowest BCUT2D eigenvalue weighted by molar-refractivity contribution is 0.733. The van der Waals surface area contributed by atoms with Crippen molar-refractivity contribution in [1.82, 2.24) is 0 Å². The van der Waals surface area contributed by atoms with Gasteiger partial charge < -0.3 is 0 Å². The molecular formula is C14H21N. The van der Waals surface area contributed by atoms with Gasteiger partial charge in [0.25, 0.3) is 0 Å². The summed E-state index contributed by atoms with van der Waals surface area (Å²) in [4.78, 5) is 4.58. The maximum absolute atomic E-state index is 4.58. The largest absolute Gasteiger partial charge is 0.257 e. The van der Waals surface area contributed by atoms with Crippen LogP contribution in [0.4, 0.5) is 5.69 Å². The molecular weight excluding hydrogens is 182 g/mol. The van der Waals surface area contributed by atoms with Crippen molar-refractivity contribution in [2.75, 3.05) is 0 Å². The van der Waals surface area contributed by atoms with Crippen molar-refractivity contribution in [3.63, 3.8) is 0 Å². The first kappa shape index (κ1) is 12.0. The highest BCUT2D eigenvalue weighted by atomic mass is 14.8. The van der Waals surface area contributed by atoms with E-state index in [0.29, 0.717) is 0 Å². The standard InChI is InChI=1S/C12H15N.C2H6/c1-8-5-6-10-11(7-8)13-9(2)12(10,3)4;1-2/h5-7H,1-4H3;1-2H3. The third-order valence-corrected chi connectivity index (χ3v) is 3.02. The fraction of sp³-hybridized carbons (Fsp3) is 0.500. The summed E-state index contributed by atoms with van der Waals surface area (Å²) in [5.74, 6) is 0. The molecule has 0 N–H and O–H groups in total. The van der Waals surface area contributed by atoms with Gasteiger partial charge in [-0.2, -0.15) is 0 Å². The van der Waals surface area contributed by atoms with Gasteiger partial charge in [-0.1, -0.05) is 39.8 Å². The molecule has 0 bridgehead atoms. The van der Waals surface area contributed by atoms with Gasteiger partial charge in [0.2, 0.25) is 0 Å². The Bertz CT molecular complexity index is 386. The Hall–Kier alpha value is -1.11. The van der Waals surface area contributed by atoms with Crippen LogP contribution in [0.1, 0.15) is 45.7 Å². The summed E-state index contributed by atoms with van der Waals surface area (Å²) in [6.07, 6.45) is 0. The fourth-order valence-corrected chi connectivity index (χ4v) is 1.78. The molecule has 0 fully saturated rings. The zero-order chi connectivity index (χ0) is 11.6. The van der Waals surface area contributed by atoms with Crippen LogP contribution in [0.5, 0.6) is 0 Å². The zero-order valence-electron chi connectivity index (χ0n) is 10.7. The summed E-state index contributed by atoms with van der Waals surface area (Å²) in [6.45, 7) is 12.7. The number of hydrogen-bond donors (Lipinski definition) is 0. The predicted octanol–water partition coefficient (Wildman–Crippen LogP) is 4.40. The van der Waals surface area contributed by atoms with Crippen LogP contribution in [0.25, 0.3) is 0 Å². The van der Waals surface area contributed by atoms with Crippen LogP contribution < -0.4 is 0 Å². The van der Waals surface area contributed by atoms with E-state index >= 15 is 0 Å². The lowest BCUT2D eigenvalue weighted by atomic mass is 9.82. The van der Waals surface area contributed by atoms with E-state index in [2.05, 4.69) is 50.9 Å². The maximum Gasteiger partial charge on any atom is 0.0673 e. The SMILES string of the molecule is CC.CC1=Nc2cc(C)ccc2C1(C)C. The van der Waals surface area contributed by atoms with Crippen LogP contribution in [0.3, 0.4) is 0 Å². The first-order valence-electron chi connectivity index (χ1n) is 5.69. The third-order valence-electron chi connectivity index (χ3n) is 3.02. The molecule has 1 aromatic rings. The van der Waals surface area contributed by atoms with Crippen molar-refractivity contribution in [3.8, 4) is 0 Å². The van der Waals surface area contributed by atoms with Crippen molar-refractivity contribution in [2.24, 2.45) is 4.99 Å². The van der Waals surface area contributed by atoms with Crippen molar-refractivity contribution >= 4 is 11.4 Å². The summed E-state index contributed by atoms with van der Waals surface area (Å²) in [5, 5.41) is 0. The minimum absolute atomic E-state index is 0.128. The van der Waals surface area contributed by atoms with Gasteiger partial charge in [-0.3, -0.25) is 4.99 Å². The molecule has 0 aliphatic carbocycles. The molecule has 0 atom stereocenters. The molecule has 0 amide bonds. The Labute approximate surface area is 93.2 Å². The molecule has 1 heterocycles. The van der Waals surface area contributed by atoms with Crippen molar-refractivity contribution < 1.29 is 0 Å². The van der Waals surface area contributed by atoms with Crippen molar-refractivity contribution in [3.05, 3.63) is 29.3 Å². The number of benzene rings is 1. The molecule has 1 heteroatoms. The number of fused-ring (bicyclic) bond motifs is 1. The lowest BCUT2D eigenvalue weighted by Gasteiger charge is -2.19. The Balaban J connectivity index is 0.000000531. The maximum atomic E-state index is 4.58. The molecule has 2 rings (SSSR count). The van der Waals surface area contributed by atoms with E-state index in [1.165, 1.54) is 16.8 Å². The molecule has 1 aliphatic rings. The Morgan fingerprint density at radius 2 is 1.67 bits per heavy atom. The summed E-state index contributed by atoms with van der Waals surface area (Å²) in [5.41, 5.74) is 5.14. The molecule has 15 heavy (non-hydrogen) atoms. The van der Waals surface area contributed by atoms with Gasteiger partial charge in [0.05, 0.1) is 5.69 Å². The monoisotopic (exact) mass is 203 g/mol. The predicted molar refractivity (Wildman–Crippen MR) is 68.3 cm³/mol. The molecule has 0 saturated heterocycles. The summed E-state index contributed by atoms with van der Waals surface area (Å²) < 4.78 is 0. The van der Waals surface area contributed by atoms with E-state index in [9.17, 15) is 0 Å². The molecule has 0 unspecified atom stereocenters. The van der Waals surface area contributed by atoms with E-state index in [0.717, 1.165) is 5.69 Å². The number of nitrogens with zero attached hydrogens (tertiary/aromatic N) is 1. The number of aryl methyl sites for hydroxylation is 1. The second-order valence-electron chi connectivity index (χ2n) is 4.34. The van der Waals surface area contributed by atoms with Crippen LogP contribution in [0.15, 0.2) is 23.2 Å². The molecule has 0 radical (unpaired) electrons. The van der Waals surface area contributed by atoms with E-state index < -0.39 is 0 Å². The topological polar surface area (TPSA) is 12.4 Å². The van der Waals surface area contributed by atoms with E-state index in [4.69, 9.17) is 0 Å². The van der Waals surface area contributed by atoms with Crippen LogP contribution in [0.2, 0.25) is 0 Å². The number of hydrogen-bond acceptors (Lipinski definition) is 1. The molecule has 82 valence electrons. The quantitative estimate of drug-likeness (QED) is 0.592. The molecule has 0 saturated carbocycles. The molecule has 1 aliphatic heterocycles. The second kappa shape index (κ2) is 4.18. The highest BCUT2D eigenvalue weighted by Crippen LogP contribution is 2.39. The minimum Gasteiger partial charge on any atom is -0.257 e. The molecule has 1 nitrogen and oxygen atoms in total.